The number of rotatable bonds is 7. The summed E-state index contributed by atoms with van der Waals surface area (Å²) < 4.78 is 5.65. The molecule has 1 atom stereocenters. The van der Waals surface area contributed by atoms with Crippen molar-refractivity contribution in [1.29, 1.82) is 0 Å². The van der Waals surface area contributed by atoms with E-state index < -0.39 is 11.7 Å². The number of unbranched alkanes of at least 4 members (excludes halogenated alkanes) is 4. The average molecular weight is 264 g/mol. The lowest BCUT2D eigenvalue weighted by atomic mass is 10.1. The van der Waals surface area contributed by atoms with E-state index >= 15 is 0 Å². The lowest BCUT2D eigenvalue weighted by Crippen LogP contribution is -2.28. The van der Waals surface area contributed by atoms with Crippen molar-refractivity contribution >= 4 is 0 Å². The van der Waals surface area contributed by atoms with Crippen molar-refractivity contribution in [3.05, 3.63) is 0 Å². The molecule has 1 N–H and O–H groups in total. The van der Waals surface area contributed by atoms with Gasteiger partial charge in [0.15, 0.2) is 5.60 Å². The SMILES string of the molecule is CCCCC#CC(C)(C#CCCCC)OCC(C)O. The van der Waals surface area contributed by atoms with Crippen LogP contribution < -0.4 is 0 Å². The van der Waals surface area contributed by atoms with Crippen molar-refractivity contribution in [3.63, 3.8) is 0 Å². The van der Waals surface area contributed by atoms with Gasteiger partial charge in [-0.05, 0) is 26.7 Å². The molecule has 0 aromatic carbocycles. The molecule has 0 aromatic rings. The Morgan fingerprint density at radius 1 is 1.05 bits per heavy atom. The minimum atomic E-state index is -0.752. The van der Waals surface area contributed by atoms with Gasteiger partial charge in [-0.2, -0.15) is 0 Å². The molecule has 0 saturated carbocycles. The first-order valence-corrected chi connectivity index (χ1v) is 7.36. The molecule has 0 aliphatic rings. The molecular weight excluding hydrogens is 236 g/mol. The Balaban J connectivity index is 4.57. The van der Waals surface area contributed by atoms with E-state index in [2.05, 4.69) is 37.5 Å². The monoisotopic (exact) mass is 264 g/mol. The van der Waals surface area contributed by atoms with Crippen LogP contribution in [0.4, 0.5) is 0 Å². The average Bonchev–Trinajstić information content (AvgIpc) is 2.38. The molecule has 1 unspecified atom stereocenters. The molecule has 0 aliphatic heterocycles. The quantitative estimate of drug-likeness (QED) is 0.563. The fourth-order valence-electron chi connectivity index (χ4n) is 1.38. The molecule has 108 valence electrons. The number of aliphatic hydroxyl groups excluding tert-OH is 1. The topological polar surface area (TPSA) is 29.5 Å². The van der Waals surface area contributed by atoms with Gasteiger partial charge in [0.25, 0.3) is 0 Å². The maximum atomic E-state index is 9.31. The summed E-state index contributed by atoms with van der Waals surface area (Å²) in [7, 11) is 0. The van der Waals surface area contributed by atoms with Crippen LogP contribution in [-0.4, -0.2) is 23.4 Å². The molecule has 0 rings (SSSR count). The van der Waals surface area contributed by atoms with Gasteiger partial charge in [-0.15, -0.1) is 0 Å². The maximum absolute atomic E-state index is 9.31. The minimum absolute atomic E-state index is 0.265. The highest BCUT2D eigenvalue weighted by Crippen LogP contribution is 2.09. The summed E-state index contributed by atoms with van der Waals surface area (Å²) in [4.78, 5) is 0. The van der Waals surface area contributed by atoms with Gasteiger partial charge in [0, 0.05) is 12.8 Å². The van der Waals surface area contributed by atoms with E-state index in [1.165, 1.54) is 0 Å². The van der Waals surface area contributed by atoms with E-state index in [1.54, 1.807) is 6.92 Å². The van der Waals surface area contributed by atoms with Gasteiger partial charge in [0.2, 0.25) is 0 Å². The van der Waals surface area contributed by atoms with Gasteiger partial charge in [-0.1, -0.05) is 50.4 Å². The fraction of sp³-hybridized carbons (Fsp3) is 0.765. The normalized spacial score (nSPS) is 12.1. The van der Waals surface area contributed by atoms with Gasteiger partial charge in [-0.3, -0.25) is 0 Å². The molecule has 19 heavy (non-hydrogen) atoms. The van der Waals surface area contributed by atoms with Gasteiger partial charge >= 0.3 is 0 Å². The number of aliphatic hydroxyl groups is 1. The van der Waals surface area contributed by atoms with Crippen molar-refractivity contribution in [1.82, 2.24) is 0 Å². The Bertz CT molecular complexity index is 310. The molecule has 0 bridgehead atoms. The van der Waals surface area contributed by atoms with Crippen LogP contribution in [0.25, 0.3) is 0 Å². The predicted molar refractivity (Wildman–Crippen MR) is 80.6 cm³/mol. The summed E-state index contributed by atoms with van der Waals surface area (Å²) in [5.74, 6) is 12.5. The molecule has 0 spiro atoms. The van der Waals surface area contributed by atoms with Crippen LogP contribution in [0, 0.1) is 23.7 Å². The lowest BCUT2D eigenvalue weighted by Gasteiger charge is -2.19. The van der Waals surface area contributed by atoms with Crippen LogP contribution in [0.1, 0.15) is 66.2 Å². The second-order valence-corrected chi connectivity index (χ2v) is 5.00. The standard InChI is InChI=1S/C17H28O2/c1-5-7-9-11-13-17(4,19-15-16(3)18)14-12-10-8-6-2/h16,18H,5-10,15H2,1-4H3. The molecule has 2 nitrogen and oxygen atoms in total. The smallest absolute Gasteiger partial charge is 0.187 e. The van der Waals surface area contributed by atoms with Gasteiger partial charge in [0.05, 0.1) is 12.7 Å². The van der Waals surface area contributed by atoms with E-state index in [0.717, 1.165) is 38.5 Å². The van der Waals surface area contributed by atoms with Gasteiger partial charge < -0.3 is 9.84 Å². The van der Waals surface area contributed by atoms with Crippen LogP contribution in [-0.2, 0) is 4.74 Å². The van der Waals surface area contributed by atoms with Crippen molar-refractivity contribution in [2.75, 3.05) is 6.61 Å². The zero-order valence-electron chi connectivity index (χ0n) is 12.9. The first-order chi connectivity index (χ1) is 9.04. The molecule has 0 aliphatic carbocycles. The van der Waals surface area contributed by atoms with Crippen molar-refractivity contribution < 1.29 is 9.84 Å². The largest absolute Gasteiger partial charge is 0.391 e. The molecule has 0 fully saturated rings. The van der Waals surface area contributed by atoms with Gasteiger partial charge in [-0.25, -0.2) is 0 Å². The van der Waals surface area contributed by atoms with E-state index in [0.29, 0.717) is 0 Å². The third kappa shape index (κ3) is 10.6. The van der Waals surface area contributed by atoms with Gasteiger partial charge in [0.1, 0.15) is 0 Å². The summed E-state index contributed by atoms with van der Waals surface area (Å²) in [6, 6.07) is 0. The van der Waals surface area contributed by atoms with E-state index in [9.17, 15) is 5.11 Å². The van der Waals surface area contributed by atoms with E-state index in [4.69, 9.17) is 4.74 Å². The molecule has 0 aromatic heterocycles. The summed E-state index contributed by atoms with van der Waals surface area (Å²) in [5, 5.41) is 9.31. The summed E-state index contributed by atoms with van der Waals surface area (Å²) >= 11 is 0. The Kier molecular flexibility index (Phi) is 10.4. The molecule has 0 radical (unpaired) electrons. The molecule has 0 heterocycles. The Labute approximate surface area is 118 Å². The zero-order chi connectivity index (χ0) is 14.6. The van der Waals surface area contributed by atoms with Crippen molar-refractivity contribution in [2.45, 2.75) is 77.9 Å². The van der Waals surface area contributed by atoms with Crippen molar-refractivity contribution in [2.24, 2.45) is 0 Å². The molecule has 0 saturated heterocycles. The lowest BCUT2D eigenvalue weighted by molar-refractivity contribution is -0.00254. The third-order valence-electron chi connectivity index (χ3n) is 2.58. The molecule has 2 heteroatoms. The Morgan fingerprint density at radius 2 is 1.53 bits per heavy atom. The number of ether oxygens (including phenoxy) is 1. The highest BCUT2D eigenvalue weighted by molar-refractivity contribution is 5.28. The van der Waals surface area contributed by atoms with Crippen LogP contribution >= 0.6 is 0 Å². The first-order valence-electron chi connectivity index (χ1n) is 7.36. The summed E-state index contributed by atoms with van der Waals surface area (Å²) in [6.07, 6.45) is 5.74. The van der Waals surface area contributed by atoms with E-state index in [1.807, 2.05) is 6.92 Å². The highest BCUT2D eigenvalue weighted by atomic mass is 16.5. The fourth-order valence-corrected chi connectivity index (χ4v) is 1.38. The highest BCUT2D eigenvalue weighted by Gasteiger charge is 2.19. The zero-order valence-corrected chi connectivity index (χ0v) is 12.9. The third-order valence-corrected chi connectivity index (χ3v) is 2.58. The Morgan fingerprint density at radius 3 is 1.89 bits per heavy atom. The Hall–Kier alpha value is -0.960. The van der Waals surface area contributed by atoms with Crippen molar-refractivity contribution in [3.8, 4) is 23.7 Å². The van der Waals surface area contributed by atoms with Crippen LogP contribution in [0.5, 0.6) is 0 Å². The van der Waals surface area contributed by atoms with E-state index in [-0.39, 0.29) is 6.61 Å². The van der Waals surface area contributed by atoms with Crippen LogP contribution in [0.2, 0.25) is 0 Å². The second kappa shape index (κ2) is 10.9. The number of hydrogen-bond acceptors (Lipinski definition) is 2. The molecule has 0 amide bonds. The summed E-state index contributed by atoms with van der Waals surface area (Å²) in [5.41, 5.74) is -0.752. The predicted octanol–water partition coefficient (Wildman–Crippen LogP) is 3.53. The first kappa shape index (κ1) is 18.0. The molecular formula is C17H28O2. The van der Waals surface area contributed by atoms with Crippen LogP contribution in [0.15, 0.2) is 0 Å². The number of hydrogen-bond donors (Lipinski definition) is 1. The van der Waals surface area contributed by atoms with Crippen LogP contribution in [0.3, 0.4) is 0 Å². The second-order valence-electron chi connectivity index (χ2n) is 5.00. The summed E-state index contributed by atoms with van der Waals surface area (Å²) in [6.45, 7) is 8.15. The maximum Gasteiger partial charge on any atom is 0.187 e. The minimum Gasteiger partial charge on any atom is -0.391 e.